The van der Waals surface area contributed by atoms with E-state index in [2.05, 4.69) is 0 Å². The van der Waals surface area contributed by atoms with Crippen LogP contribution in [0.15, 0.2) is 29.8 Å². The molecule has 3 nitrogen and oxygen atoms in total. The van der Waals surface area contributed by atoms with Crippen LogP contribution in [0.25, 0.3) is 6.08 Å². The van der Waals surface area contributed by atoms with Crippen LogP contribution in [0.5, 0.6) is 5.75 Å². The Morgan fingerprint density at radius 2 is 2.00 bits per heavy atom. The van der Waals surface area contributed by atoms with Gasteiger partial charge in [-0.15, -0.1) is 0 Å². The van der Waals surface area contributed by atoms with Crippen molar-refractivity contribution in [1.82, 2.24) is 0 Å². The average Bonchev–Trinajstić information content (AvgIpc) is 2.26. The van der Waals surface area contributed by atoms with Crippen LogP contribution in [0.3, 0.4) is 0 Å². The molecule has 0 N–H and O–H groups in total. The van der Waals surface area contributed by atoms with Crippen molar-refractivity contribution in [2.24, 2.45) is 0 Å². The molecule has 0 heterocycles. The highest BCUT2D eigenvalue weighted by Crippen LogP contribution is 2.13. The topological polar surface area (TPSA) is 50.1 Å². The highest BCUT2D eigenvalue weighted by Gasteiger charge is 2.01. The number of nitrogens with zero attached hydrogens (tertiary/aromatic N) is 1. The van der Waals surface area contributed by atoms with Crippen molar-refractivity contribution in [1.29, 1.82) is 5.26 Å². The summed E-state index contributed by atoms with van der Waals surface area (Å²) < 4.78 is 5.00. The zero-order valence-electron chi connectivity index (χ0n) is 8.65. The fourth-order valence-electron chi connectivity index (χ4n) is 1.08. The molecule has 3 heteroatoms. The monoisotopic (exact) mass is 201 g/mol. The summed E-state index contributed by atoms with van der Waals surface area (Å²) in [5.74, 6) is 0.516. The van der Waals surface area contributed by atoms with Crippen molar-refractivity contribution < 1.29 is 9.53 Å². The summed E-state index contributed by atoms with van der Waals surface area (Å²) in [5.41, 5.74) is 0.961. The highest BCUT2D eigenvalue weighted by atomic mass is 16.5. The van der Waals surface area contributed by atoms with Gasteiger partial charge in [0.05, 0.1) is 12.7 Å². The van der Waals surface area contributed by atoms with Crippen LogP contribution in [0.1, 0.15) is 12.5 Å². The second-order valence-corrected chi connectivity index (χ2v) is 3.00. The molecule has 0 bridgehead atoms. The van der Waals surface area contributed by atoms with Crippen LogP contribution in [0.2, 0.25) is 0 Å². The number of rotatable bonds is 3. The lowest BCUT2D eigenvalue weighted by atomic mass is 10.1. The van der Waals surface area contributed by atoms with Crippen molar-refractivity contribution >= 4 is 11.9 Å². The molecule has 15 heavy (non-hydrogen) atoms. The van der Waals surface area contributed by atoms with Crippen LogP contribution in [-0.4, -0.2) is 12.9 Å². The van der Waals surface area contributed by atoms with Gasteiger partial charge in [-0.3, -0.25) is 4.79 Å². The second-order valence-electron chi connectivity index (χ2n) is 3.00. The van der Waals surface area contributed by atoms with E-state index in [0.717, 1.165) is 11.3 Å². The number of ketones is 1. The lowest BCUT2D eigenvalue weighted by Gasteiger charge is -1.99. The van der Waals surface area contributed by atoms with Gasteiger partial charge in [0.15, 0.2) is 5.78 Å². The minimum absolute atomic E-state index is 0.153. The minimum Gasteiger partial charge on any atom is -0.497 e. The fraction of sp³-hybridized carbons (Fsp3) is 0.167. The summed E-state index contributed by atoms with van der Waals surface area (Å²) in [6, 6.07) is 9.00. The van der Waals surface area contributed by atoms with E-state index in [1.54, 1.807) is 37.5 Å². The number of allylic oxidation sites excluding steroid dienone is 1. The first-order valence-electron chi connectivity index (χ1n) is 4.44. The normalized spacial score (nSPS) is 10.6. The minimum atomic E-state index is -0.228. The molecule has 0 amide bonds. The number of Topliss-reactive ketones (excluding diaryl/α,β-unsaturated/α-hetero) is 1. The van der Waals surface area contributed by atoms with Crippen LogP contribution in [-0.2, 0) is 4.79 Å². The number of carbonyl (C=O) groups is 1. The van der Waals surface area contributed by atoms with Gasteiger partial charge >= 0.3 is 0 Å². The first kappa shape index (κ1) is 11.0. The molecule has 1 rings (SSSR count). The first-order chi connectivity index (χ1) is 7.17. The van der Waals surface area contributed by atoms with Gasteiger partial charge in [0.25, 0.3) is 0 Å². The van der Waals surface area contributed by atoms with E-state index in [-0.39, 0.29) is 11.4 Å². The summed E-state index contributed by atoms with van der Waals surface area (Å²) in [4.78, 5) is 11.0. The first-order valence-corrected chi connectivity index (χ1v) is 4.44. The lowest BCUT2D eigenvalue weighted by molar-refractivity contribution is -0.113. The van der Waals surface area contributed by atoms with E-state index in [1.165, 1.54) is 6.92 Å². The number of ether oxygens (including phenoxy) is 1. The molecule has 0 saturated carbocycles. The third-order valence-corrected chi connectivity index (χ3v) is 1.93. The smallest absolute Gasteiger partial charge is 0.170 e. The van der Waals surface area contributed by atoms with Crippen molar-refractivity contribution in [3.63, 3.8) is 0 Å². The molecule has 0 aliphatic carbocycles. The van der Waals surface area contributed by atoms with E-state index >= 15 is 0 Å². The highest BCUT2D eigenvalue weighted by molar-refractivity contribution is 6.01. The van der Waals surface area contributed by atoms with Gasteiger partial charge in [0, 0.05) is 0 Å². The molecule has 0 unspecified atom stereocenters. The molecule has 0 aromatic heterocycles. The molecule has 1 aromatic rings. The fourth-order valence-corrected chi connectivity index (χ4v) is 1.08. The SMILES string of the molecule is COc1ccc(/C=C(/C#N)C(C)=O)cc1. The Labute approximate surface area is 88.6 Å². The summed E-state index contributed by atoms with van der Waals surface area (Å²) in [7, 11) is 1.58. The van der Waals surface area contributed by atoms with E-state index < -0.39 is 0 Å². The van der Waals surface area contributed by atoms with Crippen LogP contribution in [0, 0.1) is 11.3 Å². The molecular formula is C12H11NO2. The van der Waals surface area contributed by atoms with Crippen molar-refractivity contribution in [3.05, 3.63) is 35.4 Å². The molecule has 0 saturated heterocycles. The Morgan fingerprint density at radius 3 is 2.40 bits per heavy atom. The van der Waals surface area contributed by atoms with Crippen molar-refractivity contribution in [2.75, 3.05) is 7.11 Å². The van der Waals surface area contributed by atoms with Gasteiger partial charge in [-0.2, -0.15) is 5.26 Å². The molecule has 0 aliphatic rings. The zero-order chi connectivity index (χ0) is 11.3. The van der Waals surface area contributed by atoms with Crippen LogP contribution < -0.4 is 4.74 Å². The third-order valence-electron chi connectivity index (χ3n) is 1.93. The van der Waals surface area contributed by atoms with Crippen molar-refractivity contribution in [2.45, 2.75) is 6.92 Å². The number of carbonyl (C=O) groups excluding carboxylic acids is 1. The van der Waals surface area contributed by atoms with Gasteiger partial charge in [0.1, 0.15) is 11.8 Å². The van der Waals surface area contributed by atoms with Gasteiger partial charge in [-0.1, -0.05) is 12.1 Å². The molecule has 1 aromatic carbocycles. The predicted molar refractivity (Wildman–Crippen MR) is 57.3 cm³/mol. The largest absolute Gasteiger partial charge is 0.497 e. The Hall–Kier alpha value is -2.08. The summed E-state index contributed by atoms with van der Waals surface area (Å²) in [6.45, 7) is 1.37. The summed E-state index contributed by atoms with van der Waals surface area (Å²) in [6.07, 6.45) is 1.56. The maximum atomic E-state index is 11.0. The molecule has 0 spiro atoms. The summed E-state index contributed by atoms with van der Waals surface area (Å²) >= 11 is 0. The van der Waals surface area contributed by atoms with E-state index in [1.807, 2.05) is 6.07 Å². The number of methoxy groups -OCH3 is 1. The average molecular weight is 201 g/mol. The van der Waals surface area contributed by atoms with E-state index in [4.69, 9.17) is 10.00 Å². The molecule has 0 fully saturated rings. The predicted octanol–water partition coefficient (Wildman–Crippen LogP) is 2.19. The van der Waals surface area contributed by atoms with Gasteiger partial charge in [-0.25, -0.2) is 0 Å². The Bertz CT molecular complexity index is 424. The Morgan fingerprint density at radius 1 is 1.40 bits per heavy atom. The second kappa shape index (κ2) is 4.97. The molecular weight excluding hydrogens is 190 g/mol. The number of benzene rings is 1. The van der Waals surface area contributed by atoms with E-state index in [9.17, 15) is 4.79 Å². The van der Waals surface area contributed by atoms with Gasteiger partial charge in [0.2, 0.25) is 0 Å². The molecule has 0 aliphatic heterocycles. The van der Waals surface area contributed by atoms with Crippen LogP contribution in [0.4, 0.5) is 0 Å². The maximum Gasteiger partial charge on any atom is 0.170 e. The quantitative estimate of drug-likeness (QED) is 0.556. The summed E-state index contributed by atoms with van der Waals surface area (Å²) in [5, 5.41) is 8.69. The molecule has 0 atom stereocenters. The van der Waals surface area contributed by atoms with Gasteiger partial charge in [-0.05, 0) is 30.7 Å². The Balaban J connectivity index is 2.98. The lowest BCUT2D eigenvalue weighted by Crippen LogP contribution is -1.92. The number of nitriles is 1. The maximum absolute atomic E-state index is 11.0. The van der Waals surface area contributed by atoms with Gasteiger partial charge < -0.3 is 4.74 Å². The number of hydrogen-bond donors (Lipinski definition) is 0. The third kappa shape index (κ3) is 2.96. The van der Waals surface area contributed by atoms with Crippen molar-refractivity contribution in [3.8, 4) is 11.8 Å². The standard InChI is InChI=1S/C12H11NO2/c1-9(14)11(8-13)7-10-3-5-12(15-2)6-4-10/h3-7H,1-2H3/b11-7-. The number of hydrogen-bond acceptors (Lipinski definition) is 3. The zero-order valence-corrected chi connectivity index (χ0v) is 8.65. The molecule has 0 radical (unpaired) electrons. The van der Waals surface area contributed by atoms with E-state index in [0.29, 0.717) is 0 Å². The Kier molecular flexibility index (Phi) is 3.64. The van der Waals surface area contributed by atoms with Crippen LogP contribution >= 0.6 is 0 Å². The molecule has 76 valence electrons.